The second kappa shape index (κ2) is 7.67. The van der Waals surface area contributed by atoms with Gasteiger partial charge in [0.05, 0.1) is 0 Å². The van der Waals surface area contributed by atoms with E-state index in [0.29, 0.717) is 13.1 Å². The second-order valence-electron chi connectivity index (χ2n) is 6.02. The van der Waals surface area contributed by atoms with Crippen molar-refractivity contribution in [3.63, 3.8) is 0 Å². The molecule has 2 N–H and O–H groups in total. The summed E-state index contributed by atoms with van der Waals surface area (Å²) in [6.07, 6.45) is -0.724. The van der Waals surface area contributed by atoms with Crippen molar-refractivity contribution >= 4 is 6.09 Å². The SMILES string of the molecule is COC(CNC(C)(C)CNC(=O)OC(C)(C)C)OC. The molecule has 0 saturated carbocycles. The molecule has 0 bridgehead atoms. The van der Waals surface area contributed by atoms with Gasteiger partial charge in [-0.1, -0.05) is 0 Å². The molecule has 0 aliphatic carbocycles. The summed E-state index contributed by atoms with van der Waals surface area (Å²) in [6.45, 7) is 10.4. The molecule has 114 valence electrons. The van der Waals surface area contributed by atoms with Crippen LogP contribution in [0.5, 0.6) is 0 Å². The minimum atomic E-state index is -0.487. The highest BCUT2D eigenvalue weighted by Gasteiger charge is 2.22. The van der Waals surface area contributed by atoms with Crippen molar-refractivity contribution in [3.8, 4) is 0 Å². The lowest BCUT2D eigenvalue weighted by Gasteiger charge is -2.29. The lowest BCUT2D eigenvalue weighted by atomic mass is 10.1. The van der Waals surface area contributed by atoms with Crippen LogP contribution in [0.2, 0.25) is 0 Å². The lowest BCUT2D eigenvalue weighted by molar-refractivity contribution is -0.101. The predicted octanol–water partition coefficient (Wildman–Crippen LogP) is 1.50. The minimum absolute atomic E-state index is 0.286. The van der Waals surface area contributed by atoms with Gasteiger partial charge in [0.15, 0.2) is 6.29 Å². The molecule has 0 rings (SSSR count). The summed E-state index contributed by atoms with van der Waals surface area (Å²) in [7, 11) is 3.17. The van der Waals surface area contributed by atoms with E-state index in [2.05, 4.69) is 10.6 Å². The third-order valence-corrected chi connectivity index (χ3v) is 2.35. The van der Waals surface area contributed by atoms with Crippen LogP contribution in [-0.4, -0.2) is 50.8 Å². The van der Waals surface area contributed by atoms with Gasteiger partial charge in [0.2, 0.25) is 0 Å². The van der Waals surface area contributed by atoms with Crippen molar-refractivity contribution in [2.45, 2.75) is 52.0 Å². The van der Waals surface area contributed by atoms with Gasteiger partial charge in [-0.2, -0.15) is 0 Å². The molecule has 0 radical (unpaired) electrons. The molecule has 0 unspecified atom stereocenters. The Bertz CT molecular complexity index is 270. The highest BCUT2D eigenvalue weighted by Crippen LogP contribution is 2.07. The van der Waals surface area contributed by atoms with E-state index in [1.165, 1.54) is 0 Å². The van der Waals surface area contributed by atoms with Crippen LogP contribution in [0.4, 0.5) is 4.79 Å². The average molecular weight is 276 g/mol. The maximum absolute atomic E-state index is 11.5. The molecule has 0 spiro atoms. The fourth-order valence-corrected chi connectivity index (χ4v) is 1.29. The third-order valence-electron chi connectivity index (χ3n) is 2.35. The first-order valence-electron chi connectivity index (χ1n) is 6.37. The Morgan fingerprint density at radius 2 is 1.63 bits per heavy atom. The smallest absolute Gasteiger partial charge is 0.407 e. The molecule has 0 aliphatic rings. The van der Waals surface area contributed by atoms with E-state index < -0.39 is 11.7 Å². The van der Waals surface area contributed by atoms with E-state index in [-0.39, 0.29) is 11.8 Å². The van der Waals surface area contributed by atoms with Crippen LogP contribution in [0.15, 0.2) is 0 Å². The molecule has 0 fully saturated rings. The number of alkyl carbamates (subject to hydrolysis) is 1. The van der Waals surface area contributed by atoms with E-state index in [1.807, 2.05) is 34.6 Å². The van der Waals surface area contributed by atoms with Crippen LogP contribution in [0.25, 0.3) is 0 Å². The molecule has 0 aromatic heterocycles. The first-order valence-corrected chi connectivity index (χ1v) is 6.37. The molecule has 6 heteroatoms. The van der Waals surface area contributed by atoms with Crippen LogP contribution in [0, 0.1) is 0 Å². The summed E-state index contributed by atoms with van der Waals surface area (Å²) in [4.78, 5) is 11.5. The Hall–Kier alpha value is -0.850. The van der Waals surface area contributed by atoms with Crippen LogP contribution < -0.4 is 10.6 Å². The van der Waals surface area contributed by atoms with E-state index in [4.69, 9.17) is 14.2 Å². The molecule has 0 aromatic carbocycles. The summed E-state index contributed by atoms with van der Waals surface area (Å²) in [5.41, 5.74) is -0.773. The van der Waals surface area contributed by atoms with Gasteiger partial charge in [0, 0.05) is 32.8 Å². The first-order chi connectivity index (χ1) is 8.59. The number of carbonyl (C=O) groups is 1. The van der Waals surface area contributed by atoms with Crippen molar-refractivity contribution < 1.29 is 19.0 Å². The number of hydrogen-bond donors (Lipinski definition) is 2. The number of carbonyl (C=O) groups excluding carboxylic acids is 1. The van der Waals surface area contributed by atoms with Crippen molar-refractivity contribution in [1.82, 2.24) is 10.6 Å². The third kappa shape index (κ3) is 9.69. The molecular formula is C13H28N2O4. The van der Waals surface area contributed by atoms with Crippen LogP contribution in [-0.2, 0) is 14.2 Å². The fourth-order valence-electron chi connectivity index (χ4n) is 1.29. The number of hydrogen-bond acceptors (Lipinski definition) is 5. The van der Waals surface area contributed by atoms with Crippen molar-refractivity contribution in [2.75, 3.05) is 27.3 Å². The van der Waals surface area contributed by atoms with Gasteiger partial charge in [-0.15, -0.1) is 0 Å². The van der Waals surface area contributed by atoms with Gasteiger partial charge in [-0.3, -0.25) is 0 Å². The van der Waals surface area contributed by atoms with Gasteiger partial charge < -0.3 is 24.8 Å². The zero-order valence-corrected chi connectivity index (χ0v) is 13.1. The monoisotopic (exact) mass is 276 g/mol. The summed E-state index contributed by atoms with van der Waals surface area (Å²) >= 11 is 0. The van der Waals surface area contributed by atoms with Gasteiger partial charge in [-0.25, -0.2) is 4.79 Å². The summed E-state index contributed by atoms with van der Waals surface area (Å²) < 4.78 is 15.4. The fraction of sp³-hybridized carbons (Fsp3) is 0.923. The minimum Gasteiger partial charge on any atom is -0.444 e. The Labute approximate surface area is 116 Å². The van der Waals surface area contributed by atoms with E-state index in [1.54, 1.807) is 14.2 Å². The highest BCUT2D eigenvalue weighted by atomic mass is 16.7. The van der Waals surface area contributed by atoms with Crippen LogP contribution in [0.3, 0.4) is 0 Å². The first kappa shape index (κ1) is 18.1. The van der Waals surface area contributed by atoms with Crippen LogP contribution >= 0.6 is 0 Å². The molecule has 0 aliphatic heterocycles. The maximum Gasteiger partial charge on any atom is 0.407 e. The molecule has 6 nitrogen and oxygen atoms in total. The largest absolute Gasteiger partial charge is 0.444 e. The molecule has 19 heavy (non-hydrogen) atoms. The quantitative estimate of drug-likeness (QED) is 0.690. The second-order valence-corrected chi connectivity index (χ2v) is 6.02. The van der Waals surface area contributed by atoms with Crippen LogP contribution in [0.1, 0.15) is 34.6 Å². The topological polar surface area (TPSA) is 68.8 Å². The number of rotatable bonds is 7. The van der Waals surface area contributed by atoms with Crippen molar-refractivity contribution in [3.05, 3.63) is 0 Å². The number of amides is 1. The summed E-state index contributed by atoms with van der Waals surface area (Å²) in [6, 6.07) is 0. The zero-order valence-electron chi connectivity index (χ0n) is 13.1. The normalized spacial score (nSPS) is 12.6. The highest BCUT2D eigenvalue weighted by molar-refractivity contribution is 5.67. The Balaban J connectivity index is 4.06. The summed E-state index contributed by atoms with van der Waals surface area (Å²) in [5.74, 6) is 0. The Kier molecular flexibility index (Phi) is 7.33. The van der Waals surface area contributed by atoms with E-state index in [0.717, 1.165) is 0 Å². The van der Waals surface area contributed by atoms with E-state index >= 15 is 0 Å². The van der Waals surface area contributed by atoms with Gasteiger partial charge in [-0.05, 0) is 34.6 Å². The Morgan fingerprint density at radius 1 is 1.11 bits per heavy atom. The molecule has 1 amide bonds. The average Bonchev–Trinajstić information content (AvgIpc) is 2.26. The standard InChI is InChI=1S/C13H28N2O4/c1-12(2,3)19-11(16)14-9-13(4,5)15-8-10(17-6)18-7/h10,15H,8-9H2,1-7H3,(H,14,16). The van der Waals surface area contributed by atoms with Gasteiger partial charge in [0.25, 0.3) is 0 Å². The number of methoxy groups -OCH3 is 2. The van der Waals surface area contributed by atoms with Gasteiger partial charge in [0.1, 0.15) is 5.60 Å². The summed E-state index contributed by atoms with van der Waals surface area (Å²) in [5, 5.41) is 5.99. The van der Waals surface area contributed by atoms with Crippen molar-refractivity contribution in [1.29, 1.82) is 0 Å². The maximum atomic E-state index is 11.5. The van der Waals surface area contributed by atoms with Crippen molar-refractivity contribution in [2.24, 2.45) is 0 Å². The number of ether oxygens (including phenoxy) is 3. The zero-order chi connectivity index (χ0) is 15.1. The predicted molar refractivity (Wildman–Crippen MR) is 74.1 cm³/mol. The molecule has 0 heterocycles. The number of nitrogens with one attached hydrogen (secondary N) is 2. The molecule has 0 saturated heterocycles. The Morgan fingerprint density at radius 3 is 2.05 bits per heavy atom. The molecule has 0 aromatic rings. The lowest BCUT2D eigenvalue weighted by Crippen LogP contribution is -2.52. The molecule has 0 atom stereocenters. The molecular weight excluding hydrogens is 248 g/mol. The van der Waals surface area contributed by atoms with Gasteiger partial charge >= 0.3 is 6.09 Å². The van der Waals surface area contributed by atoms with E-state index in [9.17, 15) is 4.79 Å².